The van der Waals surface area contributed by atoms with Crippen molar-refractivity contribution in [3.63, 3.8) is 0 Å². The Morgan fingerprint density at radius 2 is 1.75 bits per heavy atom. The molecule has 4 rings (SSSR count). The first-order valence-corrected chi connectivity index (χ1v) is 9.56. The van der Waals surface area contributed by atoms with E-state index in [0.717, 1.165) is 10.9 Å². The number of aromatic amines is 1. The number of rotatable bonds is 6. The van der Waals surface area contributed by atoms with E-state index in [1.807, 2.05) is 0 Å². The highest BCUT2D eigenvalue weighted by Gasteiger charge is 2.16. The fourth-order valence-electron chi connectivity index (χ4n) is 3.02. The van der Waals surface area contributed by atoms with Crippen molar-refractivity contribution in [2.75, 3.05) is 5.32 Å². The summed E-state index contributed by atoms with van der Waals surface area (Å²) in [7, 11) is 0. The molecule has 0 fully saturated rings. The van der Waals surface area contributed by atoms with Crippen molar-refractivity contribution in [3.8, 4) is 0 Å². The molecule has 158 valence electrons. The first-order chi connectivity index (χ1) is 15.5. The second-order valence-electron chi connectivity index (χ2n) is 6.85. The Morgan fingerprint density at radius 1 is 1.00 bits per heavy atom. The lowest BCUT2D eigenvalue weighted by Crippen LogP contribution is -2.30. The minimum Gasteiger partial charge on any atom is -0.321 e. The van der Waals surface area contributed by atoms with Crippen LogP contribution in [0.25, 0.3) is 17.0 Å². The minimum atomic E-state index is -0.546. The number of benzene rings is 3. The summed E-state index contributed by atoms with van der Waals surface area (Å²) in [4.78, 5) is 36.0. The van der Waals surface area contributed by atoms with Crippen LogP contribution in [0.4, 0.5) is 11.4 Å². The normalized spacial score (nSPS) is 11.2. The molecule has 9 nitrogen and oxygen atoms in total. The Kier molecular flexibility index (Phi) is 5.71. The third-order valence-electron chi connectivity index (χ3n) is 4.64. The molecule has 0 saturated heterocycles. The maximum Gasteiger partial charge on any atom is 0.272 e. The van der Waals surface area contributed by atoms with Gasteiger partial charge in [0.05, 0.1) is 16.6 Å². The van der Waals surface area contributed by atoms with Crippen LogP contribution in [0.5, 0.6) is 0 Å². The summed E-state index contributed by atoms with van der Waals surface area (Å²) >= 11 is 0. The zero-order valence-electron chi connectivity index (χ0n) is 16.6. The number of hydrogen-bond donors (Lipinski definition) is 3. The number of nitro groups is 1. The van der Waals surface area contributed by atoms with Crippen molar-refractivity contribution in [3.05, 3.63) is 106 Å². The van der Waals surface area contributed by atoms with Crippen molar-refractivity contribution in [1.29, 1.82) is 0 Å². The van der Waals surface area contributed by atoms with E-state index in [-0.39, 0.29) is 11.4 Å². The Morgan fingerprint density at radius 3 is 2.47 bits per heavy atom. The van der Waals surface area contributed by atoms with Crippen molar-refractivity contribution in [1.82, 2.24) is 15.5 Å². The van der Waals surface area contributed by atoms with E-state index >= 15 is 0 Å². The molecule has 0 bridgehead atoms. The van der Waals surface area contributed by atoms with Gasteiger partial charge in [-0.15, -0.1) is 0 Å². The van der Waals surface area contributed by atoms with Gasteiger partial charge < -0.3 is 10.6 Å². The third kappa shape index (κ3) is 4.68. The van der Waals surface area contributed by atoms with E-state index < -0.39 is 16.7 Å². The van der Waals surface area contributed by atoms with Gasteiger partial charge in [-0.2, -0.15) is 5.10 Å². The smallest absolute Gasteiger partial charge is 0.272 e. The first kappa shape index (κ1) is 20.5. The summed E-state index contributed by atoms with van der Waals surface area (Å²) in [6.45, 7) is 0. The summed E-state index contributed by atoms with van der Waals surface area (Å²) < 4.78 is 0. The number of H-pyrrole nitrogens is 1. The Balaban J connectivity index is 1.62. The molecule has 0 saturated carbocycles. The Bertz CT molecular complexity index is 1330. The van der Waals surface area contributed by atoms with Gasteiger partial charge >= 0.3 is 0 Å². The fourth-order valence-corrected chi connectivity index (χ4v) is 3.02. The molecule has 32 heavy (non-hydrogen) atoms. The standard InChI is InChI=1S/C23H17N5O4/c29-22(16-4-2-1-3-5-16)26-21(12-15-6-9-19(10-7-15)28(31)32)23(30)25-18-8-11-20-17(13-18)14-24-27-20/h1-14H,(H,24,27)(H,25,30)(H,26,29)/b21-12+. The van der Waals surface area contributed by atoms with Crippen LogP contribution in [0.15, 0.2) is 84.7 Å². The van der Waals surface area contributed by atoms with E-state index in [4.69, 9.17) is 0 Å². The van der Waals surface area contributed by atoms with Gasteiger partial charge in [-0.25, -0.2) is 0 Å². The quantitative estimate of drug-likeness (QED) is 0.244. The number of carbonyl (C=O) groups excluding carboxylic acids is 2. The molecule has 4 aromatic rings. The summed E-state index contributed by atoms with van der Waals surface area (Å²) in [5, 5.41) is 23.9. The van der Waals surface area contributed by atoms with Crippen LogP contribution in [-0.4, -0.2) is 26.9 Å². The van der Waals surface area contributed by atoms with Gasteiger partial charge in [-0.1, -0.05) is 18.2 Å². The van der Waals surface area contributed by atoms with Crippen molar-refractivity contribution in [2.45, 2.75) is 0 Å². The number of carbonyl (C=O) groups is 2. The Labute approximate surface area is 181 Å². The number of fused-ring (bicyclic) bond motifs is 1. The van der Waals surface area contributed by atoms with Crippen molar-refractivity contribution >= 4 is 40.2 Å². The lowest BCUT2D eigenvalue weighted by Gasteiger charge is -2.11. The van der Waals surface area contributed by atoms with Crippen LogP contribution in [0.1, 0.15) is 15.9 Å². The lowest BCUT2D eigenvalue weighted by molar-refractivity contribution is -0.384. The van der Waals surface area contributed by atoms with E-state index in [2.05, 4.69) is 20.8 Å². The molecule has 2 amide bonds. The third-order valence-corrected chi connectivity index (χ3v) is 4.64. The van der Waals surface area contributed by atoms with Gasteiger partial charge in [-0.05, 0) is 54.1 Å². The average molecular weight is 427 g/mol. The second-order valence-corrected chi connectivity index (χ2v) is 6.85. The van der Waals surface area contributed by atoms with Gasteiger partial charge in [0, 0.05) is 28.8 Å². The molecule has 0 atom stereocenters. The summed E-state index contributed by atoms with van der Waals surface area (Å²) in [6, 6.07) is 19.4. The van der Waals surface area contributed by atoms with Gasteiger partial charge in [0.15, 0.2) is 0 Å². The topological polar surface area (TPSA) is 130 Å². The molecule has 9 heteroatoms. The zero-order valence-corrected chi connectivity index (χ0v) is 16.6. The number of amides is 2. The molecule has 0 aliphatic carbocycles. The van der Waals surface area contributed by atoms with Gasteiger partial charge in [-0.3, -0.25) is 24.8 Å². The average Bonchev–Trinajstić information content (AvgIpc) is 3.27. The first-order valence-electron chi connectivity index (χ1n) is 9.56. The van der Waals surface area contributed by atoms with Crippen molar-refractivity contribution < 1.29 is 14.5 Å². The van der Waals surface area contributed by atoms with Crippen LogP contribution in [-0.2, 0) is 4.79 Å². The number of hydrogen-bond acceptors (Lipinski definition) is 5. The maximum atomic E-state index is 13.0. The highest BCUT2D eigenvalue weighted by atomic mass is 16.6. The molecule has 1 heterocycles. The molecule has 0 spiro atoms. The summed E-state index contributed by atoms with van der Waals surface area (Å²) in [5.74, 6) is -1.00. The minimum absolute atomic E-state index is 0.0139. The Hall–Kier alpha value is -4.79. The predicted octanol–water partition coefficient (Wildman–Crippen LogP) is 3.88. The van der Waals surface area contributed by atoms with Crippen LogP contribution in [0, 0.1) is 10.1 Å². The SMILES string of the molecule is O=C(Nc1ccc2[nH]ncc2c1)/C(=C\c1ccc([N+](=O)[O-])cc1)NC(=O)c1ccccc1. The fraction of sp³-hybridized carbons (Fsp3) is 0. The van der Waals surface area contributed by atoms with E-state index in [9.17, 15) is 19.7 Å². The zero-order chi connectivity index (χ0) is 22.5. The lowest BCUT2D eigenvalue weighted by atomic mass is 10.1. The predicted molar refractivity (Wildman–Crippen MR) is 120 cm³/mol. The van der Waals surface area contributed by atoms with E-state index in [1.54, 1.807) is 54.7 Å². The van der Waals surface area contributed by atoms with Gasteiger partial charge in [0.2, 0.25) is 0 Å². The number of anilines is 1. The van der Waals surface area contributed by atoms with Crippen LogP contribution in [0.3, 0.4) is 0 Å². The van der Waals surface area contributed by atoms with E-state index in [1.165, 1.54) is 30.3 Å². The monoisotopic (exact) mass is 427 g/mol. The summed E-state index contributed by atoms with van der Waals surface area (Å²) in [5.41, 5.74) is 2.15. The van der Waals surface area contributed by atoms with Crippen LogP contribution in [0.2, 0.25) is 0 Å². The molecule has 3 aromatic carbocycles. The van der Waals surface area contributed by atoms with Crippen LogP contribution >= 0.6 is 0 Å². The van der Waals surface area contributed by atoms with Gasteiger partial charge in [0.25, 0.3) is 17.5 Å². The molecule has 3 N–H and O–H groups in total. The molecule has 0 unspecified atom stereocenters. The van der Waals surface area contributed by atoms with Crippen LogP contribution < -0.4 is 10.6 Å². The number of nitrogens with one attached hydrogen (secondary N) is 3. The molecular weight excluding hydrogens is 410 g/mol. The molecule has 0 radical (unpaired) electrons. The van der Waals surface area contributed by atoms with Crippen molar-refractivity contribution in [2.24, 2.45) is 0 Å². The number of non-ortho nitro benzene ring substituents is 1. The summed E-state index contributed by atoms with van der Waals surface area (Å²) in [6.07, 6.45) is 3.09. The molecule has 0 aliphatic heterocycles. The largest absolute Gasteiger partial charge is 0.321 e. The number of nitrogens with zero attached hydrogens (tertiary/aromatic N) is 2. The molecule has 0 aliphatic rings. The molecular formula is C23H17N5O4. The highest BCUT2D eigenvalue weighted by Crippen LogP contribution is 2.18. The molecule has 1 aromatic heterocycles. The van der Waals surface area contributed by atoms with E-state index in [0.29, 0.717) is 16.8 Å². The number of aromatic nitrogens is 2. The highest BCUT2D eigenvalue weighted by molar-refractivity contribution is 6.11. The maximum absolute atomic E-state index is 13.0. The second kappa shape index (κ2) is 8.92. The number of nitro benzene ring substituents is 1. The van der Waals surface area contributed by atoms with Gasteiger partial charge in [0.1, 0.15) is 5.70 Å².